The Morgan fingerprint density at radius 1 is 1.04 bits per heavy atom. The van der Waals surface area contributed by atoms with Crippen LogP contribution in [-0.2, 0) is 6.42 Å². The fraction of sp³-hybridized carbons (Fsp3) is 0.333. The fourth-order valence-electron chi connectivity index (χ4n) is 3.73. The van der Waals surface area contributed by atoms with E-state index in [2.05, 4.69) is 34.3 Å². The van der Waals surface area contributed by atoms with E-state index in [-0.39, 0.29) is 0 Å². The van der Waals surface area contributed by atoms with Gasteiger partial charge in [-0.3, -0.25) is 0 Å². The Balaban J connectivity index is 2.38. The predicted octanol–water partition coefficient (Wildman–Crippen LogP) is 5.26. The smallest absolute Gasteiger partial charge is 0.130 e. The lowest BCUT2D eigenvalue weighted by molar-refractivity contribution is 0.289. The molecule has 0 unspecified atom stereocenters. The number of phenols is 1. The first-order valence-corrected chi connectivity index (χ1v) is 8.17. The Bertz CT molecular complexity index is 800. The van der Waals surface area contributed by atoms with Gasteiger partial charge < -0.3 is 9.84 Å². The van der Waals surface area contributed by atoms with Crippen LogP contribution in [0.1, 0.15) is 39.8 Å². The van der Waals surface area contributed by atoms with Crippen molar-refractivity contribution in [2.24, 2.45) is 0 Å². The highest BCUT2D eigenvalue weighted by Gasteiger charge is 2.22. The van der Waals surface area contributed by atoms with Gasteiger partial charge >= 0.3 is 0 Å². The first kappa shape index (κ1) is 15.7. The molecule has 1 heterocycles. The van der Waals surface area contributed by atoms with Crippen LogP contribution in [0.2, 0.25) is 0 Å². The number of rotatable bonds is 2. The highest BCUT2D eigenvalue weighted by Crippen LogP contribution is 2.44. The maximum atomic E-state index is 10.2. The molecular weight excluding hydrogens is 284 g/mol. The lowest BCUT2D eigenvalue weighted by Crippen LogP contribution is -2.10. The maximum Gasteiger partial charge on any atom is 0.130 e. The highest BCUT2D eigenvalue weighted by atomic mass is 16.5. The van der Waals surface area contributed by atoms with Crippen molar-refractivity contribution in [1.82, 2.24) is 0 Å². The van der Waals surface area contributed by atoms with Crippen LogP contribution < -0.4 is 4.74 Å². The molecular formula is C21H24O2. The van der Waals surface area contributed by atoms with Crippen molar-refractivity contribution in [2.75, 3.05) is 6.61 Å². The summed E-state index contributed by atoms with van der Waals surface area (Å²) in [7, 11) is 0. The summed E-state index contributed by atoms with van der Waals surface area (Å²) in [6.07, 6.45) is 3.88. The molecule has 0 saturated carbocycles. The van der Waals surface area contributed by atoms with Crippen LogP contribution in [0.3, 0.4) is 0 Å². The Morgan fingerprint density at radius 2 is 1.78 bits per heavy atom. The molecule has 2 aromatic rings. The van der Waals surface area contributed by atoms with Gasteiger partial charge in [0.2, 0.25) is 0 Å². The number of phenolic OH excluding ortho intramolecular Hbond substituents is 1. The molecule has 0 amide bonds. The molecule has 2 heteroatoms. The molecule has 2 aromatic carbocycles. The minimum absolute atomic E-state index is 0.307. The van der Waals surface area contributed by atoms with Gasteiger partial charge in [-0.1, -0.05) is 12.7 Å². The minimum Gasteiger partial charge on any atom is -0.508 e. The summed E-state index contributed by atoms with van der Waals surface area (Å²) in [5, 5.41) is 10.2. The quantitative estimate of drug-likeness (QED) is 0.820. The van der Waals surface area contributed by atoms with Gasteiger partial charge in [0.1, 0.15) is 11.5 Å². The summed E-state index contributed by atoms with van der Waals surface area (Å²) in [6.45, 7) is 13.3. The molecule has 0 fully saturated rings. The van der Waals surface area contributed by atoms with Crippen molar-refractivity contribution in [3.05, 3.63) is 52.1 Å². The molecule has 2 nitrogen and oxygen atoms in total. The van der Waals surface area contributed by atoms with E-state index >= 15 is 0 Å². The van der Waals surface area contributed by atoms with Gasteiger partial charge in [0.15, 0.2) is 0 Å². The van der Waals surface area contributed by atoms with E-state index in [0.717, 1.165) is 41.9 Å². The number of aryl methyl sites for hydroxylation is 1. The SMILES string of the molecule is C=Cc1c(C)c(C)c(C)c(-c2cc(O)cc3c2OCCC3)c1C. The predicted molar refractivity (Wildman–Crippen MR) is 96.4 cm³/mol. The third-order valence-corrected chi connectivity index (χ3v) is 5.14. The molecule has 0 atom stereocenters. The fourth-order valence-corrected chi connectivity index (χ4v) is 3.73. The van der Waals surface area contributed by atoms with E-state index in [1.54, 1.807) is 0 Å². The molecule has 1 aliphatic rings. The Labute approximate surface area is 138 Å². The Hall–Kier alpha value is -2.22. The minimum atomic E-state index is 0.307. The zero-order valence-corrected chi connectivity index (χ0v) is 14.4. The van der Waals surface area contributed by atoms with E-state index in [4.69, 9.17) is 4.74 Å². The van der Waals surface area contributed by atoms with Crippen molar-refractivity contribution in [3.8, 4) is 22.6 Å². The average Bonchev–Trinajstić information content (AvgIpc) is 2.53. The molecule has 3 rings (SSSR count). The van der Waals surface area contributed by atoms with Gasteiger partial charge in [-0.05, 0) is 91.6 Å². The Morgan fingerprint density at radius 3 is 2.48 bits per heavy atom. The molecule has 120 valence electrons. The van der Waals surface area contributed by atoms with Crippen LogP contribution in [0, 0.1) is 27.7 Å². The van der Waals surface area contributed by atoms with Crippen LogP contribution in [0.4, 0.5) is 0 Å². The van der Waals surface area contributed by atoms with Gasteiger partial charge in [0.05, 0.1) is 6.61 Å². The van der Waals surface area contributed by atoms with Crippen molar-refractivity contribution in [1.29, 1.82) is 0 Å². The van der Waals surface area contributed by atoms with E-state index in [0.29, 0.717) is 5.75 Å². The normalized spacial score (nSPS) is 13.4. The van der Waals surface area contributed by atoms with E-state index in [9.17, 15) is 5.11 Å². The van der Waals surface area contributed by atoms with Crippen molar-refractivity contribution < 1.29 is 9.84 Å². The summed E-state index contributed by atoms with van der Waals surface area (Å²) >= 11 is 0. The highest BCUT2D eigenvalue weighted by molar-refractivity contribution is 5.83. The molecule has 0 spiro atoms. The van der Waals surface area contributed by atoms with Crippen LogP contribution in [-0.4, -0.2) is 11.7 Å². The molecule has 0 radical (unpaired) electrons. The third kappa shape index (κ3) is 2.42. The second kappa shape index (κ2) is 5.77. The number of ether oxygens (including phenoxy) is 1. The van der Waals surface area contributed by atoms with Gasteiger partial charge in [0.25, 0.3) is 0 Å². The van der Waals surface area contributed by atoms with Crippen molar-refractivity contribution in [3.63, 3.8) is 0 Å². The van der Waals surface area contributed by atoms with E-state index < -0.39 is 0 Å². The lowest BCUT2D eigenvalue weighted by atomic mass is 9.84. The Kier molecular flexibility index (Phi) is 3.93. The summed E-state index contributed by atoms with van der Waals surface area (Å²) in [4.78, 5) is 0. The number of benzene rings is 2. The maximum absolute atomic E-state index is 10.2. The average molecular weight is 308 g/mol. The zero-order valence-electron chi connectivity index (χ0n) is 14.4. The molecule has 0 saturated heterocycles. The van der Waals surface area contributed by atoms with E-state index in [1.165, 1.54) is 27.8 Å². The standard InChI is InChI=1S/C21H24O2/c1-6-18-13(3)12(2)14(4)20(15(18)5)19-11-17(22)10-16-8-7-9-23-21(16)19/h6,10-11,22H,1,7-9H2,2-5H3. The molecule has 1 N–H and O–H groups in total. The van der Waals surface area contributed by atoms with Gasteiger partial charge in [-0.25, -0.2) is 0 Å². The van der Waals surface area contributed by atoms with E-state index in [1.807, 2.05) is 18.2 Å². The first-order valence-electron chi connectivity index (χ1n) is 8.17. The van der Waals surface area contributed by atoms with Crippen molar-refractivity contribution >= 4 is 6.08 Å². The first-order chi connectivity index (χ1) is 11.0. The molecule has 1 aliphatic heterocycles. The van der Waals surface area contributed by atoms with Crippen molar-refractivity contribution in [2.45, 2.75) is 40.5 Å². The van der Waals surface area contributed by atoms with Crippen LogP contribution in [0.15, 0.2) is 18.7 Å². The number of aromatic hydroxyl groups is 1. The monoisotopic (exact) mass is 308 g/mol. The third-order valence-electron chi connectivity index (χ3n) is 5.14. The van der Waals surface area contributed by atoms with Crippen LogP contribution in [0.5, 0.6) is 11.5 Å². The molecule has 0 aromatic heterocycles. The summed E-state index contributed by atoms with van der Waals surface area (Å²) in [5.41, 5.74) is 9.43. The lowest BCUT2D eigenvalue weighted by Gasteiger charge is -2.25. The topological polar surface area (TPSA) is 29.5 Å². The largest absolute Gasteiger partial charge is 0.508 e. The van der Waals surface area contributed by atoms with Gasteiger partial charge in [0, 0.05) is 5.56 Å². The second-order valence-electron chi connectivity index (χ2n) is 6.43. The second-order valence-corrected chi connectivity index (χ2v) is 6.43. The zero-order chi connectivity index (χ0) is 16.7. The molecule has 0 aliphatic carbocycles. The van der Waals surface area contributed by atoms with Gasteiger partial charge in [-0.15, -0.1) is 0 Å². The van der Waals surface area contributed by atoms with Crippen LogP contribution in [0.25, 0.3) is 17.2 Å². The summed E-state index contributed by atoms with van der Waals surface area (Å²) in [6, 6.07) is 3.67. The van der Waals surface area contributed by atoms with Gasteiger partial charge in [-0.2, -0.15) is 0 Å². The number of hydrogen-bond acceptors (Lipinski definition) is 2. The summed E-state index contributed by atoms with van der Waals surface area (Å²) < 4.78 is 5.98. The number of hydrogen-bond donors (Lipinski definition) is 1. The summed E-state index contributed by atoms with van der Waals surface area (Å²) in [5.74, 6) is 1.24. The number of fused-ring (bicyclic) bond motifs is 1. The van der Waals surface area contributed by atoms with Crippen LogP contribution >= 0.6 is 0 Å². The molecule has 0 bridgehead atoms. The molecule has 23 heavy (non-hydrogen) atoms.